The van der Waals surface area contributed by atoms with Crippen LogP contribution in [-0.4, -0.2) is 37.6 Å². The highest BCUT2D eigenvalue weighted by atomic mass is 16.7. The van der Waals surface area contributed by atoms with E-state index in [0.29, 0.717) is 18.6 Å². The van der Waals surface area contributed by atoms with Crippen molar-refractivity contribution in [3.05, 3.63) is 23.5 Å². The van der Waals surface area contributed by atoms with Gasteiger partial charge in [-0.25, -0.2) is 4.79 Å². The van der Waals surface area contributed by atoms with Crippen molar-refractivity contribution in [2.75, 3.05) is 20.3 Å². The minimum atomic E-state index is -0.319. The molecule has 1 saturated heterocycles. The predicted octanol–water partition coefficient (Wildman–Crippen LogP) is 1.89. The van der Waals surface area contributed by atoms with Gasteiger partial charge in [0, 0.05) is 19.0 Å². The first-order chi connectivity index (χ1) is 8.81. The lowest BCUT2D eigenvalue weighted by Crippen LogP contribution is -2.23. The molecule has 1 N–H and O–H groups in total. The monoisotopic (exact) mass is 253 g/mol. The molecule has 1 aliphatic heterocycles. The topological polar surface area (TPSA) is 60.6 Å². The molecule has 0 bridgehead atoms. The lowest BCUT2D eigenvalue weighted by atomic mass is 10.1. The van der Waals surface area contributed by atoms with Gasteiger partial charge in [0.2, 0.25) is 0 Å². The van der Waals surface area contributed by atoms with Crippen LogP contribution in [0.3, 0.4) is 0 Å². The SMILES string of the molecule is COC(=O)c1c[nH]cc1CCOC1CCCCO1. The van der Waals surface area contributed by atoms with Crippen molar-refractivity contribution in [2.24, 2.45) is 0 Å². The van der Waals surface area contributed by atoms with Crippen molar-refractivity contribution in [3.63, 3.8) is 0 Å². The Kier molecular flexibility index (Phi) is 4.78. The van der Waals surface area contributed by atoms with Crippen molar-refractivity contribution < 1.29 is 19.0 Å². The average Bonchev–Trinajstić information content (AvgIpc) is 2.87. The van der Waals surface area contributed by atoms with Crippen molar-refractivity contribution in [1.82, 2.24) is 4.98 Å². The number of rotatable bonds is 5. The molecule has 18 heavy (non-hydrogen) atoms. The highest BCUT2D eigenvalue weighted by Crippen LogP contribution is 2.15. The molecular weight excluding hydrogens is 234 g/mol. The van der Waals surface area contributed by atoms with E-state index in [1.54, 1.807) is 12.4 Å². The molecule has 5 nitrogen and oxygen atoms in total. The Bertz CT molecular complexity index is 382. The van der Waals surface area contributed by atoms with E-state index in [0.717, 1.165) is 31.4 Å². The normalized spacial score (nSPS) is 19.7. The Morgan fingerprint density at radius 2 is 2.39 bits per heavy atom. The van der Waals surface area contributed by atoms with Crippen molar-refractivity contribution in [2.45, 2.75) is 32.0 Å². The van der Waals surface area contributed by atoms with E-state index in [-0.39, 0.29) is 12.3 Å². The van der Waals surface area contributed by atoms with Crippen LogP contribution in [0.5, 0.6) is 0 Å². The van der Waals surface area contributed by atoms with Crippen LogP contribution in [0.2, 0.25) is 0 Å². The molecule has 1 fully saturated rings. The summed E-state index contributed by atoms with van der Waals surface area (Å²) in [5.41, 5.74) is 1.49. The van der Waals surface area contributed by atoms with Gasteiger partial charge in [0.15, 0.2) is 6.29 Å². The fraction of sp³-hybridized carbons (Fsp3) is 0.615. The Hall–Kier alpha value is -1.33. The smallest absolute Gasteiger partial charge is 0.339 e. The number of carbonyl (C=O) groups excluding carboxylic acids is 1. The van der Waals surface area contributed by atoms with E-state index in [1.165, 1.54) is 7.11 Å². The number of hydrogen-bond donors (Lipinski definition) is 1. The maximum Gasteiger partial charge on any atom is 0.339 e. The molecule has 0 spiro atoms. The third-order valence-corrected chi connectivity index (χ3v) is 3.05. The third-order valence-electron chi connectivity index (χ3n) is 3.05. The van der Waals surface area contributed by atoms with Crippen LogP contribution in [0, 0.1) is 0 Å². The van der Waals surface area contributed by atoms with E-state index in [9.17, 15) is 4.79 Å². The summed E-state index contributed by atoms with van der Waals surface area (Å²) in [5, 5.41) is 0. The van der Waals surface area contributed by atoms with Gasteiger partial charge in [0.25, 0.3) is 0 Å². The molecule has 0 aromatic carbocycles. The van der Waals surface area contributed by atoms with Crippen LogP contribution in [0.15, 0.2) is 12.4 Å². The summed E-state index contributed by atoms with van der Waals surface area (Å²) in [4.78, 5) is 14.4. The van der Waals surface area contributed by atoms with Crippen LogP contribution in [0.25, 0.3) is 0 Å². The van der Waals surface area contributed by atoms with Gasteiger partial charge in [-0.3, -0.25) is 0 Å². The quantitative estimate of drug-likeness (QED) is 0.814. The number of aromatic nitrogens is 1. The standard InChI is InChI=1S/C13H19NO4/c1-16-13(15)11-9-14-8-10(11)5-7-18-12-4-2-3-6-17-12/h8-9,12,14H,2-7H2,1H3. The first kappa shape index (κ1) is 13.1. The second-order valence-electron chi connectivity index (χ2n) is 4.30. The van der Waals surface area contributed by atoms with E-state index in [2.05, 4.69) is 4.98 Å². The molecule has 0 aliphatic carbocycles. The molecule has 1 atom stereocenters. The summed E-state index contributed by atoms with van der Waals surface area (Å²) in [6, 6.07) is 0. The number of ether oxygens (including phenoxy) is 3. The maximum absolute atomic E-state index is 11.5. The zero-order chi connectivity index (χ0) is 12.8. The molecule has 5 heteroatoms. The number of carbonyl (C=O) groups is 1. The van der Waals surface area contributed by atoms with Gasteiger partial charge in [0.05, 0.1) is 19.3 Å². The van der Waals surface area contributed by atoms with Crippen LogP contribution in [0.4, 0.5) is 0 Å². The van der Waals surface area contributed by atoms with E-state index >= 15 is 0 Å². The van der Waals surface area contributed by atoms with Gasteiger partial charge >= 0.3 is 5.97 Å². The molecular formula is C13H19NO4. The zero-order valence-corrected chi connectivity index (χ0v) is 10.6. The maximum atomic E-state index is 11.5. The number of H-pyrrole nitrogens is 1. The first-order valence-corrected chi connectivity index (χ1v) is 6.28. The van der Waals surface area contributed by atoms with Crippen LogP contribution >= 0.6 is 0 Å². The lowest BCUT2D eigenvalue weighted by Gasteiger charge is -2.22. The summed E-state index contributed by atoms with van der Waals surface area (Å²) in [7, 11) is 1.38. The van der Waals surface area contributed by atoms with E-state index in [4.69, 9.17) is 14.2 Å². The Labute approximate surface area is 106 Å². The predicted molar refractivity (Wildman–Crippen MR) is 65.4 cm³/mol. The van der Waals surface area contributed by atoms with Gasteiger partial charge in [-0.1, -0.05) is 0 Å². The molecule has 0 saturated carbocycles. The first-order valence-electron chi connectivity index (χ1n) is 6.28. The number of hydrogen-bond acceptors (Lipinski definition) is 4. The summed E-state index contributed by atoms with van der Waals surface area (Å²) >= 11 is 0. The van der Waals surface area contributed by atoms with E-state index < -0.39 is 0 Å². The number of aromatic amines is 1. The summed E-state index contributed by atoms with van der Waals surface area (Å²) in [5.74, 6) is -0.319. The Morgan fingerprint density at radius 1 is 1.50 bits per heavy atom. The number of esters is 1. The largest absolute Gasteiger partial charge is 0.465 e. The number of methoxy groups -OCH3 is 1. The van der Waals surface area contributed by atoms with Gasteiger partial charge in [-0.15, -0.1) is 0 Å². The molecule has 100 valence electrons. The van der Waals surface area contributed by atoms with Gasteiger partial charge in [-0.05, 0) is 31.2 Å². The molecule has 0 radical (unpaired) electrons. The molecule has 1 aliphatic rings. The Balaban J connectivity index is 1.79. The summed E-state index contributed by atoms with van der Waals surface area (Å²) in [6.45, 7) is 1.33. The third kappa shape index (κ3) is 3.34. The fourth-order valence-corrected chi connectivity index (χ4v) is 2.05. The highest BCUT2D eigenvalue weighted by Gasteiger charge is 2.16. The highest BCUT2D eigenvalue weighted by molar-refractivity contribution is 5.90. The molecule has 1 aromatic heterocycles. The molecule has 2 rings (SSSR count). The summed E-state index contributed by atoms with van der Waals surface area (Å²) < 4.78 is 15.8. The van der Waals surface area contributed by atoms with Crippen molar-refractivity contribution >= 4 is 5.97 Å². The molecule has 1 aromatic rings. The molecule has 1 unspecified atom stereocenters. The van der Waals surface area contributed by atoms with Crippen LogP contribution < -0.4 is 0 Å². The van der Waals surface area contributed by atoms with Crippen LogP contribution in [-0.2, 0) is 20.6 Å². The lowest BCUT2D eigenvalue weighted by molar-refractivity contribution is -0.161. The fourth-order valence-electron chi connectivity index (χ4n) is 2.05. The van der Waals surface area contributed by atoms with Gasteiger partial charge in [-0.2, -0.15) is 0 Å². The van der Waals surface area contributed by atoms with Gasteiger partial charge < -0.3 is 19.2 Å². The second kappa shape index (κ2) is 6.56. The minimum absolute atomic E-state index is 0.0840. The Morgan fingerprint density at radius 3 is 3.11 bits per heavy atom. The minimum Gasteiger partial charge on any atom is -0.465 e. The van der Waals surface area contributed by atoms with Crippen LogP contribution in [0.1, 0.15) is 35.2 Å². The van der Waals surface area contributed by atoms with Gasteiger partial charge in [0.1, 0.15) is 0 Å². The van der Waals surface area contributed by atoms with Crippen molar-refractivity contribution in [1.29, 1.82) is 0 Å². The van der Waals surface area contributed by atoms with E-state index in [1.807, 2.05) is 0 Å². The molecule has 2 heterocycles. The summed E-state index contributed by atoms with van der Waals surface area (Å²) in [6.07, 6.45) is 7.27. The van der Waals surface area contributed by atoms with Crippen molar-refractivity contribution in [3.8, 4) is 0 Å². The molecule has 0 amide bonds. The zero-order valence-electron chi connectivity index (χ0n) is 10.6. The number of nitrogens with one attached hydrogen (secondary N) is 1. The average molecular weight is 253 g/mol. The second-order valence-corrected chi connectivity index (χ2v) is 4.30.